The van der Waals surface area contributed by atoms with Gasteiger partial charge in [0.15, 0.2) is 10.8 Å². The summed E-state index contributed by atoms with van der Waals surface area (Å²) in [6.45, 7) is 6.07. The Bertz CT molecular complexity index is 580. The number of thiazole rings is 1. The molecule has 0 amide bonds. The maximum Gasteiger partial charge on any atom is 0.185 e. The van der Waals surface area contributed by atoms with Gasteiger partial charge in [0, 0.05) is 33.3 Å². The quantitative estimate of drug-likeness (QED) is 0.826. The van der Waals surface area contributed by atoms with Crippen LogP contribution in [0.5, 0.6) is 0 Å². The van der Waals surface area contributed by atoms with Gasteiger partial charge in [0.1, 0.15) is 0 Å². The average Bonchev–Trinajstić information content (AvgIpc) is 3.03. The highest BCUT2D eigenvalue weighted by atomic mass is 32.1. The molecule has 0 atom stereocenters. The minimum absolute atomic E-state index is 0.451. The Kier molecular flexibility index (Phi) is 4.95. The van der Waals surface area contributed by atoms with Gasteiger partial charge >= 0.3 is 0 Å². The van der Waals surface area contributed by atoms with Gasteiger partial charge in [0.05, 0.1) is 16.5 Å². The number of hydrogen-bond acceptors (Lipinski definition) is 6. The van der Waals surface area contributed by atoms with Crippen molar-refractivity contribution in [3.8, 4) is 0 Å². The highest BCUT2D eigenvalue weighted by Gasteiger charge is 2.16. The summed E-state index contributed by atoms with van der Waals surface area (Å²) in [6, 6.07) is 0. The molecule has 122 valence electrons. The van der Waals surface area contributed by atoms with Gasteiger partial charge in [0.25, 0.3) is 0 Å². The third-order valence-electron chi connectivity index (χ3n) is 4.16. The lowest BCUT2D eigenvalue weighted by molar-refractivity contribution is 0.0125. The molecule has 0 aromatic carbocycles. The molecule has 0 bridgehead atoms. The molecule has 1 aliphatic rings. The van der Waals surface area contributed by atoms with E-state index in [1.807, 2.05) is 18.7 Å². The number of aryl methyl sites for hydroxylation is 2. The fraction of sp³-hybridized carbons (Fsp3) is 0.733. The van der Waals surface area contributed by atoms with E-state index < -0.39 is 0 Å². The molecule has 3 rings (SSSR count). The van der Waals surface area contributed by atoms with Crippen molar-refractivity contribution in [1.29, 1.82) is 0 Å². The third kappa shape index (κ3) is 3.59. The van der Waals surface area contributed by atoms with Crippen LogP contribution in [0.25, 0.3) is 10.3 Å². The van der Waals surface area contributed by atoms with Crippen molar-refractivity contribution in [1.82, 2.24) is 19.7 Å². The molecule has 0 radical (unpaired) electrons. The lowest BCUT2D eigenvalue weighted by Crippen LogP contribution is -2.34. The monoisotopic (exact) mass is 323 g/mol. The van der Waals surface area contributed by atoms with Crippen molar-refractivity contribution in [3.63, 3.8) is 0 Å². The van der Waals surface area contributed by atoms with E-state index in [0.717, 1.165) is 62.0 Å². The van der Waals surface area contributed by atoms with Crippen molar-refractivity contribution >= 4 is 26.8 Å². The fourth-order valence-electron chi connectivity index (χ4n) is 2.83. The number of anilines is 1. The van der Waals surface area contributed by atoms with Gasteiger partial charge < -0.3 is 15.0 Å². The Morgan fingerprint density at radius 3 is 2.82 bits per heavy atom. The van der Waals surface area contributed by atoms with Gasteiger partial charge in [-0.25, -0.2) is 9.67 Å². The van der Waals surface area contributed by atoms with E-state index in [1.54, 1.807) is 11.3 Å². The van der Waals surface area contributed by atoms with Crippen molar-refractivity contribution < 1.29 is 4.74 Å². The molecule has 3 heterocycles. The maximum absolute atomic E-state index is 5.95. The summed E-state index contributed by atoms with van der Waals surface area (Å²) >= 11 is 1.68. The zero-order valence-electron chi connectivity index (χ0n) is 13.6. The van der Waals surface area contributed by atoms with E-state index in [2.05, 4.69) is 27.3 Å². The number of piperidine rings is 1. The fourth-order valence-corrected chi connectivity index (χ4v) is 3.79. The smallest absolute Gasteiger partial charge is 0.185 e. The highest BCUT2D eigenvalue weighted by molar-refractivity contribution is 7.22. The molecule has 6 nitrogen and oxygen atoms in total. The first-order chi connectivity index (χ1) is 10.6. The number of aromatic nitrogens is 3. The molecule has 0 saturated carbocycles. The van der Waals surface area contributed by atoms with E-state index >= 15 is 0 Å². The topological polar surface area (TPSA) is 55.2 Å². The van der Waals surface area contributed by atoms with Crippen LogP contribution in [0.15, 0.2) is 0 Å². The second kappa shape index (κ2) is 6.93. The Balaban J connectivity index is 1.38. The van der Waals surface area contributed by atoms with Gasteiger partial charge in [0.2, 0.25) is 0 Å². The van der Waals surface area contributed by atoms with Gasteiger partial charge in [-0.15, -0.1) is 0 Å². The van der Waals surface area contributed by atoms with E-state index in [0.29, 0.717) is 6.10 Å². The van der Waals surface area contributed by atoms with E-state index in [4.69, 9.17) is 4.74 Å². The van der Waals surface area contributed by atoms with Crippen LogP contribution < -0.4 is 5.32 Å². The molecule has 0 aliphatic carbocycles. The number of fused-ring (bicyclic) bond motifs is 1. The minimum Gasteiger partial charge on any atom is -0.378 e. The Hall–Kier alpha value is -1.18. The number of nitrogens with zero attached hydrogens (tertiary/aromatic N) is 4. The number of likely N-dealkylation sites (tertiary alicyclic amines) is 1. The van der Waals surface area contributed by atoms with Crippen molar-refractivity contribution in [2.75, 3.05) is 38.6 Å². The minimum atomic E-state index is 0.451. The molecule has 0 unspecified atom stereocenters. The lowest BCUT2D eigenvalue weighted by Gasteiger charge is -2.28. The summed E-state index contributed by atoms with van der Waals surface area (Å²) in [5, 5.41) is 8.75. The first-order valence-electron chi connectivity index (χ1n) is 7.97. The molecule has 1 N–H and O–H groups in total. The van der Waals surface area contributed by atoms with Crippen molar-refractivity contribution in [3.05, 3.63) is 5.69 Å². The van der Waals surface area contributed by atoms with Gasteiger partial charge in [-0.05, 0) is 33.2 Å². The summed E-state index contributed by atoms with van der Waals surface area (Å²) in [7, 11) is 4.11. The van der Waals surface area contributed by atoms with Crippen LogP contribution >= 0.6 is 11.3 Å². The highest BCUT2D eigenvalue weighted by Crippen LogP contribution is 2.27. The van der Waals surface area contributed by atoms with E-state index in [-0.39, 0.29) is 0 Å². The average molecular weight is 323 g/mol. The molecule has 1 fully saturated rings. The Morgan fingerprint density at radius 2 is 2.09 bits per heavy atom. The third-order valence-corrected chi connectivity index (χ3v) is 5.27. The molecular formula is C15H25N5OS. The van der Waals surface area contributed by atoms with E-state index in [1.165, 1.54) is 4.70 Å². The molecular weight excluding hydrogens is 298 g/mol. The molecule has 0 spiro atoms. The second-order valence-corrected chi connectivity index (χ2v) is 7.03. The van der Waals surface area contributed by atoms with Crippen LogP contribution in [0.2, 0.25) is 0 Å². The summed E-state index contributed by atoms with van der Waals surface area (Å²) in [5.74, 6) is 0. The number of ether oxygens (including phenoxy) is 1. The van der Waals surface area contributed by atoms with E-state index in [9.17, 15) is 0 Å². The van der Waals surface area contributed by atoms with Gasteiger partial charge in [-0.3, -0.25) is 0 Å². The maximum atomic E-state index is 5.95. The van der Waals surface area contributed by atoms with Gasteiger partial charge in [-0.1, -0.05) is 11.3 Å². The summed E-state index contributed by atoms with van der Waals surface area (Å²) in [4.78, 5) is 6.96. The molecule has 1 aliphatic heterocycles. The molecule has 2 aromatic rings. The second-order valence-electron chi connectivity index (χ2n) is 6.03. The number of rotatable bonds is 6. The zero-order chi connectivity index (χ0) is 15.5. The van der Waals surface area contributed by atoms with Crippen LogP contribution in [-0.4, -0.2) is 59.1 Å². The Labute approximate surface area is 135 Å². The normalized spacial score (nSPS) is 17.4. The number of hydrogen-bond donors (Lipinski definition) is 1. The largest absolute Gasteiger partial charge is 0.378 e. The summed E-state index contributed by atoms with van der Waals surface area (Å²) in [5.41, 5.74) is 2.02. The van der Waals surface area contributed by atoms with Crippen LogP contribution in [0.1, 0.15) is 25.0 Å². The zero-order valence-corrected chi connectivity index (χ0v) is 14.4. The SMILES string of the molecule is Cc1nn(C)c2nc(NCCCOC3CCN(C)CC3)sc12. The van der Waals surface area contributed by atoms with Crippen LogP contribution in [0, 0.1) is 6.92 Å². The predicted molar refractivity (Wildman–Crippen MR) is 90.7 cm³/mol. The van der Waals surface area contributed by atoms with Crippen LogP contribution in [0.4, 0.5) is 5.13 Å². The van der Waals surface area contributed by atoms with Crippen molar-refractivity contribution in [2.24, 2.45) is 7.05 Å². The first kappa shape index (κ1) is 15.7. The lowest BCUT2D eigenvalue weighted by atomic mass is 10.1. The molecule has 22 heavy (non-hydrogen) atoms. The van der Waals surface area contributed by atoms with Crippen LogP contribution in [0.3, 0.4) is 0 Å². The van der Waals surface area contributed by atoms with Gasteiger partial charge in [-0.2, -0.15) is 5.10 Å². The van der Waals surface area contributed by atoms with Crippen molar-refractivity contribution in [2.45, 2.75) is 32.3 Å². The first-order valence-corrected chi connectivity index (χ1v) is 8.79. The standard InChI is InChI=1S/C15H25N5OS/c1-11-13-14(20(3)18-11)17-15(22-13)16-7-4-10-21-12-5-8-19(2)9-6-12/h12H,4-10H2,1-3H3,(H,16,17). The molecule has 7 heteroatoms. The predicted octanol–water partition coefficient (Wildman–Crippen LogP) is 2.25. The Morgan fingerprint density at radius 1 is 1.32 bits per heavy atom. The number of nitrogens with one attached hydrogen (secondary N) is 1. The summed E-state index contributed by atoms with van der Waals surface area (Å²) in [6.07, 6.45) is 3.79. The summed E-state index contributed by atoms with van der Waals surface area (Å²) < 4.78 is 8.97. The molecule has 2 aromatic heterocycles. The molecule has 1 saturated heterocycles. The van der Waals surface area contributed by atoms with Crippen LogP contribution in [-0.2, 0) is 11.8 Å².